The highest BCUT2D eigenvalue weighted by Gasteiger charge is 2.48. The summed E-state index contributed by atoms with van der Waals surface area (Å²) in [6.07, 6.45) is 0. The molecule has 0 bridgehead atoms. The number of amides is 1. The van der Waals surface area contributed by atoms with Crippen molar-refractivity contribution in [3.8, 4) is 5.75 Å². The number of rotatable bonds is 6. The molecular formula is C25H21ClN2O6S. The van der Waals surface area contributed by atoms with Crippen LogP contribution in [-0.4, -0.2) is 41.5 Å². The van der Waals surface area contributed by atoms with E-state index in [-0.39, 0.29) is 21.3 Å². The molecule has 1 saturated heterocycles. The second kappa shape index (κ2) is 9.89. The van der Waals surface area contributed by atoms with Crippen LogP contribution in [0.2, 0.25) is 5.02 Å². The van der Waals surface area contributed by atoms with Gasteiger partial charge in [0.1, 0.15) is 16.4 Å². The molecule has 0 radical (unpaired) electrons. The monoisotopic (exact) mass is 512 g/mol. The molecule has 1 aliphatic heterocycles. The standard InChI is InChI=1S/C25H21ClN2O6S/c1-4-34-17-11-7-15(8-12-17)20(29)18-19(14-5-9-16(26)10-6-14)28(23(31)21(18)30)25-27-13(2)22(35-25)24(32)33-3/h5-12,19,29H,4H2,1-3H3/t19-/m0/s1. The average Bonchev–Trinajstić information content (AvgIpc) is 3.36. The number of thiazole rings is 1. The summed E-state index contributed by atoms with van der Waals surface area (Å²) in [5.74, 6) is -2.07. The van der Waals surface area contributed by atoms with Crippen LogP contribution >= 0.6 is 22.9 Å². The summed E-state index contributed by atoms with van der Waals surface area (Å²) in [5.41, 5.74) is 1.14. The maximum absolute atomic E-state index is 13.2. The van der Waals surface area contributed by atoms with Gasteiger partial charge < -0.3 is 14.6 Å². The Hall–Kier alpha value is -3.69. The summed E-state index contributed by atoms with van der Waals surface area (Å²) in [5, 5.41) is 11.8. The maximum atomic E-state index is 13.2. The van der Waals surface area contributed by atoms with E-state index in [2.05, 4.69) is 4.98 Å². The number of halogens is 1. The molecule has 1 amide bonds. The summed E-state index contributed by atoms with van der Waals surface area (Å²) < 4.78 is 10.2. The second-order valence-electron chi connectivity index (χ2n) is 7.58. The summed E-state index contributed by atoms with van der Waals surface area (Å²) >= 11 is 6.99. The number of hydrogen-bond acceptors (Lipinski definition) is 8. The van der Waals surface area contributed by atoms with Crippen molar-refractivity contribution < 1.29 is 29.0 Å². The maximum Gasteiger partial charge on any atom is 0.350 e. The number of aliphatic hydroxyl groups excluding tert-OH is 1. The van der Waals surface area contributed by atoms with Crippen LogP contribution in [0.15, 0.2) is 54.1 Å². The quantitative estimate of drug-likeness (QED) is 0.216. The fraction of sp³-hybridized carbons (Fsp3) is 0.200. The highest BCUT2D eigenvalue weighted by atomic mass is 35.5. The molecule has 8 nitrogen and oxygen atoms in total. The fourth-order valence-corrected chi connectivity index (χ4v) is 4.93. The van der Waals surface area contributed by atoms with E-state index in [0.717, 1.165) is 11.3 Å². The van der Waals surface area contributed by atoms with Crippen molar-refractivity contribution >= 4 is 51.5 Å². The molecule has 1 N–H and O–H groups in total. The van der Waals surface area contributed by atoms with E-state index in [1.165, 1.54) is 12.0 Å². The Kier molecular flexibility index (Phi) is 6.90. The van der Waals surface area contributed by atoms with Crippen molar-refractivity contribution in [2.75, 3.05) is 18.6 Å². The van der Waals surface area contributed by atoms with Crippen LogP contribution in [0.3, 0.4) is 0 Å². The number of esters is 1. The molecule has 1 aliphatic rings. The van der Waals surface area contributed by atoms with Gasteiger partial charge in [0, 0.05) is 10.6 Å². The number of aromatic nitrogens is 1. The molecule has 1 atom stereocenters. The van der Waals surface area contributed by atoms with E-state index < -0.39 is 23.7 Å². The molecule has 0 spiro atoms. The Morgan fingerprint density at radius 3 is 2.40 bits per heavy atom. The third kappa shape index (κ3) is 4.52. The van der Waals surface area contributed by atoms with Crippen molar-refractivity contribution in [1.82, 2.24) is 4.98 Å². The number of anilines is 1. The molecule has 0 unspecified atom stereocenters. The van der Waals surface area contributed by atoms with Gasteiger partial charge in [0.2, 0.25) is 0 Å². The van der Waals surface area contributed by atoms with Gasteiger partial charge in [-0.05, 0) is 55.8 Å². The molecule has 2 aromatic carbocycles. The molecule has 4 rings (SSSR count). The molecular weight excluding hydrogens is 492 g/mol. The highest BCUT2D eigenvalue weighted by molar-refractivity contribution is 7.17. The zero-order chi connectivity index (χ0) is 25.3. The molecule has 1 aromatic heterocycles. The highest BCUT2D eigenvalue weighted by Crippen LogP contribution is 2.44. The van der Waals surface area contributed by atoms with Gasteiger partial charge in [0.25, 0.3) is 5.78 Å². The molecule has 10 heteroatoms. The Morgan fingerprint density at radius 2 is 1.80 bits per heavy atom. The largest absolute Gasteiger partial charge is 0.507 e. The number of aliphatic hydroxyl groups is 1. The van der Waals surface area contributed by atoms with E-state index in [9.17, 15) is 19.5 Å². The molecule has 35 heavy (non-hydrogen) atoms. The molecule has 0 saturated carbocycles. The van der Waals surface area contributed by atoms with Crippen LogP contribution in [0.5, 0.6) is 5.75 Å². The third-order valence-electron chi connectivity index (χ3n) is 5.43. The van der Waals surface area contributed by atoms with E-state index in [4.69, 9.17) is 21.1 Å². The number of hydrogen-bond donors (Lipinski definition) is 1. The number of aryl methyl sites for hydroxylation is 1. The van der Waals surface area contributed by atoms with Crippen molar-refractivity contribution in [1.29, 1.82) is 0 Å². The van der Waals surface area contributed by atoms with Crippen LogP contribution in [-0.2, 0) is 14.3 Å². The zero-order valence-corrected chi connectivity index (χ0v) is 20.6. The van der Waals surface area contributed by atoms with E-state index in [1.807, 2.05) is 6.92 Å². The first-order valence-corrected chi connectivity index (χ1v) is 11.8. The van der Waals surface area contributed by atoms with Gasteiger partial charge in [-0.15, -0.1) is 0 Å². The van der Waals surface area contributed by atoms with E-state index >= 15 is 0 Å². The van der Waals surface area contributed by atoms with Gasteiger partial charge in [0.05, 0.1) is 31.0 Å². The molecule has 0 aliphatic carbocycles. The number of nitrogens with zero attached hydrogens (tertiary/aromatic N) is 2. The first kappa shape index (κ1) is 24.4. The third-order valence-corrected chi connectivity index (χ3v) is 6.82. The van der Waals surface area contributed by atoms with Gasteiger partial charge in [-0.1, -0.05) is 35.1 Å². The summed E-state index contributed by atoms with van der Waals surface area (Å²) in [6.45, 7) is 3.95. The molecule has 2 heterocycles. The first-order valence-electron chi connectivity index (χ1n) is 10.6. The van der Waals surface area contributed by atoms with Crippen LogP contribution in [0.1, 0.15) is 39.5 Å². The smallest absolute Gasteiger partial charge is 0.350 e. The topological polar surface area (TPSA) is 106 Å². The van der Waals surface area contributed by atoms with Crippen molar-refractivity contribution in [2.45, 2.75) is 19.9 Å². The minimum absolute atomic E-state index is 0.103. The van der Waals surface area contributed by atoms with Gasteiger partial charge in [-0.3, -0.25) is 14.5 Å². The molecule has 1 fully saturated rings. The Morgan fingerprint density at radius 1 is 1.14 bits per heavy atom. The molecule has 180 valence electrons. The number of benzene rings is 2. The lowest BCUT2D eigenvalue weighted by atomic mass is 9.95. The van der Waals surface area contributed by atoms with Crippen LogP contribution < -0.4 is 9.64 Å². The van der Waals surface area contributed by atoms with Gasteiger partial charge >= 0.3 is 11.9 Å². The minimum Gasteiger partial charge on any atom is -0.507 e. The number of carbonyl (C=O) groups is 3. The van der Waals surface area contributed by atoms with Crippen LogP contribution in [0.25, 0.3) is 5.76 Å². The Balaban J connectivity index is 1.89. The summed E-state index contributed by atoms with van der Waals surface area (Å²) in [6, 6.07) is 12.1. The summed E-state index contributed by atoms with van der Waals surface area (Å²) in [7, 11) is 1.25. The second-order valence-corrected chi connectivity index (χ2v) is 8.99. The fourth-order valence-electron chi connectivity index (χ4n) is 3.79. The van der Waals surface area contributed by atoms with E-state index in [1.54, 1.807) is 55.5 Å². The number of carbonyl (C=O) groups excluding carboxylic acids is 3. The minimum atomic E-state index is -0.991. The normalized spacial score (nSPS) is 17.0. The van der Waals surface area contributed by atoms with Gasteiger partial charge in [-0.2, -0.15) is 0 Å². The average molecular weight is 513 g/mol. The zero-order valence-electron chi connectivity index (χ0n) is 19.1. The lowest BCUT2D eigenvalue weighted by Crippen LogP contribution is -2.29. The van der Waals surface area contributed by atoms with Gasteiger partial charge in [0.15, 0.2) is 5.13 Å². The number of ether oxygens (including phenoxy) is 2. The number of methoxy groups -OCH3 is 1. The van der Waals surface area contributed by atoms with Crippen molar-refractivity contribution in [3.05, 3.63) is 80.8 Å². The lowest BCUT2D eigenvalue weighted by Gasteiger charge is -2.23. The van der Waals surface area contributed by atoms with Crippen molar-refractivity contribution in [3.63, 3.8) is 0 Å². The SMILES string of the molecule is CCOc1ccc(C(O)=C2C(=O)C(=O)N(c3nc(C)c(C(=O)OC)s3)[C@H]2c2ccc(Cl)cc2)cc1. The van der Waals surface area contributed by atoms with Crippen molar-refractivity contribution in [2.24, 2.45) is 0 Å². The van der Waals surface area contributed by atoms with Crippen LogP contribution in [0.4, 0.5) is 5.13 Å². The number of ketones is 1. The summed E-state index contributed by atoms with van der Waals surface area (Å²) in [4.78, 5) is 44.4. The number of Topliss-reactive ketones (excluding diaryl/α,β-unsaturated/α-hetero) is 1. The predicted octanol–water partition coefficient (Wildman–Crippen LogP) is 4.92. The van der Waals surface area contributed by atoms with Gasteiger partial charge in [-0.25, -0.2) is 9.78 Å². The van der Waals surface area contributed by atoms with Crippen LogP contribution in [0, 0.1) is 6.92 Å². The first-order chi connectivity index (χ1) is 16.8. The lowest BCUT2D eigenvalue weighted by molar-refractivity contribution is -0.132. The Labute approximate surface area is 210 Å². The molecule has 3 aromatic rings. The van der Waals surface area contributed by atoms with E-state index in [0.29, 0.717) is 34.2 Å². The Bertz CT molecular complexity index is 1330. The predicted molar refractivity (Wildman–Crippen MR) is 132 cm³/mol.